The lowest BCUT2D eigenvalue weighted by atomic mass is 10.1. The number of para-hydroxylation sites is 2. The Balaban J connectivity index is 1.61. The highest BCUT2D eigenvalue weighted by Crippen LogP contribution is 2.33. The second-order valence-electron chi connectivity index (χ2n) is 7.91. The summed E-state index contributed by atoms with van der Waals surface area (Å²) in [6.45, 7) is 5.99. The summed E-state index contributed by atoms with van der Waals surface area (Å²) in [6, 6.07) is 16.6. The molecule has 2 heterocycles. The van der Waals surface area contributed by atoms with Gasteiger partial charge in [0, 0.05) is 31.1 Å². The van der Waals surface area contributed by atoms with Crippen molar-refractivity contribution >= 4 is 22.6 Å². The number of carbonyl (C=O) groups is 1. The molecule has 28 heavy (non-hydrogen) atoms. The second-order valence-corrected chi connectivity index (χ2v) is 7.91. The van der Waals surface area contributed by atoms with Crippen molar-refractivity contribution in [3.05, 3.63) is 59.9 Å². The molecule has 1 aromatic heterocycles. The number of rotatable bonds is 7. The average molecular weight is 376 g/mol. The van der Waals surface area contributed by atoms with Crippen LogP contribution in [0.3, 0.4) is 0 Å². The third-order valence-corrected chi connectivity index (χ3v) is 5.76. The number of amides is 1. The number of hydrogen-bond donors (Lipinski definition) is 0. The molecule has 0 bridgehead atoms. The van der Waals surface area contributed by atoms with Gasteiger partial charge in [-0.05, 0) is 37.6 Å². The molecule has 4 heteroatoms. The van der Waals surface area contributed by atoms with E-state index in [-0.39, 0.29) is 11.8 Å². The first-order valence-electron chi connectivity index (χ1n) is 10.5. The number of aryl methyl sites for hydroxylation is 2. The molecule has 1 fully saturated rings. The minimum absolute atomic E-state index is 0.146. The van der Waals surface area contributed by atoms with Crippen molar-refractivity contribution in [2.75, 3.05) is 11.4 Å². The molecule has 3 aromatic rings. The Hall–Kier alpha value is -2.62. The fourth-order valence-electron chi connectivity index (χ4n) is 4.19. The van der Waals surface area contributed by atoms with Gasteiger partial charge in [-0.25, -0.2) is 4.98 Å². The normalized spacial score (nSPS) is 17.0. The van der Waals surface area contributed by atoms with Gasteiger partial charge in [0.1, 0.15) is 5.82 Å². The van der Waals surface area contributed by atoms with E-state index < -0.39 is 0 Å². The number of hydrogen-bond acceptors (Lipinski definition) is 2. The number of carbonyl (C=O) groups excluding carboxylic acids is 1. The highest BCUT2D eigenvalue weighted by molar-refractivity contribution is 5.96. The molecule has 4 nitrogen and oxygen atoms in total. The molecule has 2 aromatic carbocycles. The summed E-state index contributed by atoms with van der Waals surface area (Å²) in [7, 11) is 0. The maximum absolute atomic E-state index is 12.8. The van der Waals surface area contributed by atoms with Crippen molar-refractivity contribution in [1.82, 2.24) is 9.55 Å². The van der Waals surface area contributed by atoms with Crippen molar-refractivity contribution in [1.29, 1.82) is 0 Å². The molecule has 0 spiro atoms. The van der Waals surface area contributed by atoms with Crippen LogP contribution in [0.5, 0.6) is 0 Å². The van der Waals surface area contributed by atoms with Crippen LogP contribution in [0.25, 0.3) is 11.0 Å². The minimum atomic E-state index is 0.146. The largest absolute Gasteiger partial charge is 0.328 e. The summed E-state index contributed by atoms with van der Waals surface area (Å²) in [5.41, 5.74) is 4.42. The fraction of sp³-hybridized carbons (Fsp3) is 0.417. The predicted octanol–water partition coefficient (Wildman–Crippen LogP) is 5.45. The molecule has 0 radical (unpaired) electrons. The molecule has 146 valence electrons. The van der Waals surface area contributed by atoms with Crippen LogP contribution in [0.15, 0.2) is 48.5 Å². The number of benzene rings is 2. The van der Waals surface area contributed by atoms with Crippen molar-refractivity contribution < 1.29 is 4.79 Å². The van der Waals surface area contributed by atoms with E-state index in [1.807, 2.05) is 23.1 Å². The van der Waals surface area contributed by atoms with Crippen LogP contribution in [0.2, 0.25) is 0 Å². The highest BCUT2D eigenvalue weighted by atomic mass is 16.2. The van der Waals surface area contributed by atoms with Gasteiger partial charge in [0.2, 0.25) is 5.91 Å². The zero-order valence-corrected chi connectivity index (χ0v) is 16.9. The van der Waals surface area contributed by atoms with Gasteiger partial charge in [-0.3, -0.25) is 4.79 Å². The predicted molar refractivity (Wildman–Crippen MR) is 115 cm³/mol. The van der Waals surface area contributed by atoms with Gasteiger partial charge < -0.3 is 9.47 Å². The summed E-state index contributed by atoms with van der Waals surface area (Å²) in [4.78, 5) is 19.6. The van der Waals surface area contributed by atoms with Gasteiger partial charge in [0.15, 0.2) is 0 Å². The maximum Gasteiger partial charge on any atom is 0.227 e. The number of fused-ring (bicyclic) bond motifs is 1. The highest BCUT2D eigenvalue weighted by Gasteiger charge is 2.34. The van der Waals surface area contributed by atoms with Crippen LogP contribution in [0, 0.1) is 6.92 Å². The van der Waals surface area contributed by atoms with Gasteiger partial charge in [-0.15, -0.1) is 0 Å². The van der Waals surface area contributed by atoms with E-state index in [2.05, 4.69) is 48.7 Å². The van der Waals surface area contributed by atoms with Crippen molar-refractivity contribution in [3.8, 4) is 0 Å². The zero-order chi connectivity index (χ0) is 19.5. The Bertz CT molecular complexity index is 958. The molecular weight excluding hydrogens is 346 g/mol. The van der Waals surface area contributed by atoms with Gasteiger partial charge in [-0.2, -0.15) is 0 Å². The Morgan fingerprint density at radius 1 is 1.04 bits per heavy atom. The number of unbranched alkanes of at least 4 members (excludes halogenated alkanes) is 3. The number of anilines is 1. The van der Waals surface area contributed by atoms with Gasteiger partial charge in [0.05, 0.1) is 11.0 Å². The first-order chi connectivity index (χ1) is 13.7. The molecule has 0 saturated carbocycles. The van der Waals surface area contributed by atoms with Crippen molar-refractivity contribution in [2.45, 2.75) is 58.4 Å². The molecule has 0 aliphatic carbocycles. The van der Waals surface area contributed by atoms with Crippen LogP contribution in [0.4, 0.5) is 5.69 Å². The first kappa shape index (κ1) is 18.7. The monoisotopic (exact) mass is 375 g/mol. The van der Waals surface area contributed by atoms with Crippen LogP contribution in [-0.2, 0) is 11.3 Å². The van der Waals surface area contributed by atoms with Crippen molar-refractivity contribution in [2.24, 2.45) is 0 Å². The summed E-state index contributed by atoms with van der Waals surface area (Å²) in [6.07, 6.45) is 5.43. The van der Waals surface area contributed by atoms with Crippen LogP contribution in [0.1, 0.15) is 56.3 Å². The van der Waals surface area contributed by atoms with Crippen LogP contribution < -0.4 is 4.90 Å². The Kier molecular flexibility index (Phi) is 5.47. The molecule has 0 unspecified atom stereocenters. The summed E-state index contributed by atoms with van der Waals surface area (Å²) in [5.74, 6) is 1.41. The third-order valence-electron chi connectivity index (χ3n) is 5.76. The van der Waals surface area contributed by atoms with E-state index in [1.165, 1.54) is 30.3 Å². The summed E-state index contributed by atoms with van der Waals surface area (Å²) >= 11 is 0. The standard InChI is InChI=1S/C24H29N3O/c1-3-4-5-8-15-26-22-10-7-6-9-21(22)25-24(26)19-16-23(28)27(17-19)20-13-11-18(2)12-14-20/h6-7,9-14,19H,3-5,8,15-17H2,1-2H3/t19-/m0/s1. The lowest BCUT2D eigenvalue weighted by Crippen LogP contribution is -2.24. The van der Waals surface area contributed by atoms with E-state index in [1.54, 1.807) is 0 Å². The summed E-state index contributed by atoms with van der Waals surface area (Å²) in [5, 5.41) is 0. The van der Waals surface area contributed by atoms with Crippen LogP contribution in [-0.4, -0.2) is 22.0 Å². The zero-order valence-electron chi connectivity index (χ0n) is 16.9. The average Bonchev–Trinajstić information content (AvgIpc) is 3.27. The van der Waals surface area contributed by atoms with E-state index in [4.69, 9.17) is 4.98 Å². The quantitative estimate of drug-likeness (QED) is 0.515. The van der Waals surface area contributed by atoms with Crippen LogP contribution >= 0.6 is 0 Å². The minimum Gasteiger partial charge on any atom is -0.328 e. The Morgan fingerprint density at radius 3 is 2.61 bits per heavy atom. The molecular formula is C24H29N3O. The van der Waals surface area contributed by atoms with Gasteiger partial charge in [0.25, 0.3) is 0 Å². The molecule has 1 saturated heterocycles. The lowest BCUT2D eigenvalue weighted by Gasteiger charge is -2.17. The van der Waals surface area contributed by atoms with E-state index in [9.17, 15) is 4.79 Å². The number of nitrogens with zero attached hydrogens (tertiary/aromatic N) is 3. The fourth-order valence-corrected chi connectivity index (χ4v) is 4.19. The molecule has 1 aliphatic rings. The number of aromatic nitrogens is 2. The lowest BCUT2D eigenvalue weighted by molar-refractivity contribution is -0.117. The van der Waals surface area contributed by atoms with E-state index in [0.717, 1.165) is 30.0 Å². The number of imidazole rings is 1. The van der Waals surface area contributed by atoms with Gasteiger partial charge in [-0.1, -0.05) is 56.0 Å². The maximum atomic E-state index is 12.8. The second kappa shape index (κ2) is 8.17. The first-order valence-corrected chi connectivity index (χ1v) is 10.5. The SMILES string of the molecule is CCCCCCn1c([C@H]2CC(=O)N(c3ccc(C)cc3)C2)nc2ccccc21. The van der Waals surface area contributed by atoms with E-state index >= 15 is 0 Å². The Labute approximate surface area is 167 Å². The Morgan fingerprint density at radius 2 is 1.82 bits per heavy atom. The molecule has 1 amide bonds. The van der Waals surface area contributed by atoms with E-state index in [0.29, 0.717) is 13.0 Å². The topological polar surface area (TPSA) is 38.1 Å². The third kappa shape index (κ3) is 3.68. The molecule has 1 aliphatic heterocycles. The smallest absolute Gasteiger partial charge is 0.227 e. The van der Waals surface area contributed by atoms with Gasteiger partial charge >= 0.3 is 0 Å². The summed E-state index contributed by atoms with van der Waals surface area (Å²) < 4.78 is 2.36. The molecule has 0 N–H and O–H groups in total. The molecule has 4 rings (SSSR count). The molecule has 1 atom stereocenters. The van der Waals surface area contributed by atoms with Crippen molar-refractivity contribution in [3.63, 3.8) is 0 Å².